The van der Waals surface area contributed by atoms with Crippen molar-refractivity contribution < 1.29 is 24.9 Å². The van der Waals surface area contributed by atoms with Crippen molar-refractivity contribution in [2.24, 2.45) is 0 Å². The molecule has 1 aliphatic heterocycles. The molecule has 0 saturated carbocycles. The second kappa shape index (κ2) is 8.57. The number of hydrogen-bond donors (Lipinski definition) is 5. The number of carbonyl (C=O) groups excluding carboxylic acids is 1. The number of ether oxygens (including phenoxy) is 1. The summed E-state index contributed by atoms with van der Waals surface area (Å²) in [6, 6.07) is 0. The molecule has 2 aromatic heterocycles. The van der Waals surface area contributed by atoms with E-state index in [0.29, 0.717) is 6.42 Å². The van der Waals surface area contributed by atoms with Crippen LogP contribution in [-0.4, -0.2) is 65.5 Å². The van der Waals surface area contributed by atoms with E-state index in [1.54, 1.807) is 0 Å². The Labute approximate surface area is 166 Å². The topological polar surface area (TPSA) is 177 Å². The summed E-state index contributed by atoms with van der Waals surface area (Å²) >= 11 is 0. The van der Waals surface area contributed by atoms with Crippen LogP contribution in [0.3, 0.4) is 0 Å². The fourth-order valence-corrected chi connectivity index (χ4v) is 3.75. The third-order valence-corrected chi connectivity index (χ3v) is 5.31. The van der Waals surface area contributed by atoms with E-state index in [-0.39, 0.29) is 23.5 Å². The van der Waals surface area contributed by atoms with Gasteiger partial charge in [0.25, 0.3) is 5.56 Å². The number of unbranched alkanes of at least 4 members (excludes halogenated alkanes) is 4. The zero-order valence-corrected chi connectivity index (χ0v) is 16.2. The highest BCUT2D eigenvalue weighted by molar-refractivity contribution is 5.88. The van der Waals surface area contributed by atoms with Crippen molar-refractivity contribution in [3.63, 3.8) is 0 Å². The smallest absolute Gasteiger partial charge is 0.280 e. The van der Waals surface area contributed by atoms with Crippen molar-refractivity contribution >= 4 is 22.9 Å². The number of nitrogens with zero attached hydrogens (tertiary/aromatic N) is 3. The lowest BCUT2D eigenvalue weighted by atomic mass is 9.94. The number of ketones is 1. The second-order valence-electron chi connectivity index (χ2n) is 7.30. The molecule has 3 heterocycles. The van der Waals surface area contributed by atoms with Crippen LogP contribution in [0.4, 0.5) is 5.95 Å². The van der Waals surface area contributed by atoms with Gasteiger partial charge in [0.05, 0.1) is 6.61 Å². The number of H-pyrrole nitrogens is 1. The first-order chi connectivity index (χ1) is 13.9. The molecular formula is C18H27N5O6. The standard InChI is InChI=1S/C18H27N5O6/c1-2-3-4-5-6-7-11(25)18(14(27)13(26)10(8-24)29-18)23-9-20-12-15(23)21-17(19)22-16(12)28/h9-10,13-14,24,26-27H,2-8H2,1H3,(H3,19,21,22,28)/t10-,13-,14-,18-/m1/s1. The summed E-state index contributed by atoms with van der Waals surface area (Å²) in [5.41, 5.74) is 2.80. The van der Waals surface area contributed by atoms with Gasteiger partial charge in [0.2, 0.25) is 11.7 Å². The molecule has 0 aliphatic carbocycles. The van der Waals surface area contributed by atoms with E-state index >= 15 is 0 Å². The van der Waals surface area contributed by atoms with Gasteiger partial charge in [0, 0.05) is 6.42 Å². The third kappa shape index (κ3) is 3.66. The average Bonchev–Trinajstić information content (AvgIpc) is 3.22. The Morgan fingerprint density at radius 3 is 2.72 bits per heavy atom. The van der Waals surface area contributed by atoms with E-state index in [2.05, 4.69) is 21.9 Å². The minimum atomic E-state index is -2.07. The maximum Gasteiger partial charge on any atom is 0.280 e. The van der Waals surface area contributed by atoms with Crippen LogP contribution in [0.15, 0.2) is 11.1 Å². The number of fused-ring (bicyclic) bond motifs is 1. The lowest BCUT2D eigenvalue weighted by molar-refractivity contribution is -0.174. The molecule has 3 rings (SSSR count). The lowest BCUT2D eigenvalue weighted by Gasteiger charge is -2.32. The molecule has 29 heavy (non-hydrogen) atoms. The first-order valence-corrected chi connectivity index (χ1v) is 9.78. The molecule has 0 aromatic carbocycles. The predicted octanol–water partition coefficient (Wildman–Crippen LogP) is -0.603. The Hall–Kier alpha value is -2.34. The average molecular weight is 409 g/mol. The fourth-order valence-electron chi connectivity index (χ4n) is 3.75. The maximum absolute atomic E-state index is 13.3. The molecule has 0 unspecified atom stereocenters. The molecule has 1 aliphatic rings. The van der Waals surface area contributed by atoms with Gasteiger partial charge in [-0.15, -0.1) is 0 Å². The van der Waals surface area contributed by atoms with Crippen molar-refractivity contribution in [3.8, 4) is 0 Å². The van der Waals surface area contributed by atoms with Crippen LogP contribution in [0, 0.1) is 0 Å². The van der Waals surface area contributed by atoms with Crippen LogP contribution in [0.1, 0.15) is 45.4 Å². The number of aromatic amines is 1. The van der Waals surface area contributed by atoms with Gasteiger partial charge in [-0.1, -0.05) is 32.6 Å². The van der Waals surface area contributed by atoms with Crippen molar-refractivity contribution in [1.82, 2.24) is 19.5 Å². The van der Waals surface area contributed by atoms with Gasteiger partial charge in [-0.2, -0.15) is 4.98 Å². The molecule has 0 spiro atoms. The molecule has 1 saturated heterocycles. The number of anilines is 1. The number of nitrogens with one attached hydrogen (secondary N) is 1. The number of imidazole rings is 1. The molecule has 11 heteroatoms. The van der Waals surface area contributed by atoms with Gasteiger partial charge in [0.1, 0.15) is 24.6 Å². The molecule has 2 aromatic rings. The largest absolute Gasteiger partial charge is 0.394 e. The molecule has 4 atom stereocenters. The second-order valence-corrected chi connectivity index (χ2v) is 7.30. The van der Waals surface area contributed by atoms with Crippen LogP contribution in [0.25, 0.3) is 11.2 Å². The van der Waals surface area contributed by atoms with Crippen molar-refractivity contribution in [3.05, 3.63) is 16.7 Å². The van der Waals surface area contributed by atoms with Gasteiger partial charge >= 0.3 is 0 Å². The van der Waals surface area contributed by atoms with Crippen LogP contribution in [0.5, 0.6) is 0 Å². The number of carbonyl (C=O) groups is 1. The van der Waals surface area contributed by atoms with Gasteiger partial charge in [-0.3, -0.25) is 19.1 Å². The molecule has 1 fully saturated rings. The highest BCUT2D eigenvalue weighted by atomic mass is 16.6. The van der Waals surface area contributed by atoms with Crippen molar-refractivity contribution in [2.45, 2.75) is 69.5 Å². The Balaban J connectivity index is 2.03. The van der Waals surface area contributed by atoms with Gasteiger partial charge < -0.3 is 25.8 Å². The summed E-state index contributed by atoms with van der Waals surface area (Å²) in [4.78, 5) is 35.7. The molecular weight excluding hydrogens is 382 g/mol. The lowest BCUT2D eigenvalue weighted by Crippen LogP contribution is -2.51. The Bertz CT molecular complexity index is 927. The molecule has 160 valence electrons. The van der Waals surface area contributed by atoms with Crippen molar-refractivity contribution in [1.29, 1.82) is 0 Å². The predicted molar refractivity (Wildman–Crippen MR) is 103 cm³/mol. The zero-order chi connectivity index (χ0) is 21.2. The molecule has 6 N–H and O–H groups in total. The van der Waals surface area contributed by atoms with E-state index in [0.717, 1.165) is 36.6 Å². The summed E-state index contributed by atoms with van der Waals surface area (Å²) in [5.74, 6) is -0.699. The zero-order valence-electron chi connectivity index (χ0n) is 16.2. The normalized spacial score (nSPS) is 27.0. The molecule has 11 nitrogen and oxygen atoms in total. The highest BCUT2D eigenvalue weighted by Crippen LogP contribution is 2.39. The van der Waals surface area contributed by atoms with Crippen molar-refractivity contribution in [2.75, 3.05) is 12.3 Å². The molecule has 0 bridgehead atoms. The van der Waals surface area contributed by atoms with Crippen LogP contribution >= 0.6 is 0 Å². The number of Topliss-reactive ketones (excluding diaryl/α,β-unsaturated/α-hetero) is 1. The molecule has 0 amide bonds. The number of aliphatic hydroxyl groups is 3. The summed E-state index contributed by atoms with van der Waals surface area (Å²) in [6.45, 7) is 1.48. The number of nitrogen functional groups attached to an aromatic ring is 1. The minimum Gasteiger partial charge on any atom is -0.394 e. The number of hydrogen-bond acceptors (Lipinski definition) is 9. The first-order valence-electron chi connectivity index (χ1n) is 9.78. The number of nitrogens with two attached hydrogens (primary N) is 1. The Morgan fingerprint density at radius 2 is 2.07 bits per heavy atom. The van der Waals surface area contributed by atoms with Crippen LogP contribution < -0.4 is 11.3 Å². The minimum absolute atomic E-state index is 0.0598. The van der Waals surface area contributed by atoms with E-state index in [9.17, 15) is 24.9 Å². The molecule has 0 radical (unpaired) electrons. The number of rotatable bonds is 9. The number of aliphatic hydroxyl groups excluding tert-OH is 3. The fraction of sp³-hybridized carbons (Fsp3) is 0.667. The van der Waals surface area contributed by atoms with Gasteiger partial charge in [-0.25, -0.2) is 4.98 Å². The van der Waals surface area contributed by atoms with Gasteiger partial charge in [0.15, 0.2) is 16.9 Å². The van der Waals surface area contributed by atoms with Crippen LogP contribution in [0.2, 0.25) is 0 Å². The van der Waals surface area contributed by atoms with Crippen LogP contribution in [-0.2, 0) is 15.3 Å². The summed E-state index contributed by atoms with van der Waals surface area (Å²) in [5, 5.41) is 30.6. The van der Waals surface area contributed by atoms with E-state index in [1.165, 1.54) is 0 Å². The number of aromatic nitrogens is 4. The first kappa shape index (κ1) is 21.4. The quantitative estimate of drug-likeness (QED) is 0.338. The van der Waals surface area contributed by atoms with E-state index in [4.69, 9.17) is 10.5 Å². The summed E-state index contributed by atoms with van der Waals surface area (Å²) < 4.78 is 6.86. The maximum atomic E-state index is 13.3. The Morgan fingerprint density at radius 1 is 1.34 bits per heavy atom. The van der Waals surface area contributed by atoms with E-state index in [1.807, 2.05) is 0 Å². The SMILES string of the molecule is CCCCCCCC(=O)[C@@]1(n2cnc3c(=O)[nH]c(N)nc32)O[C@H](CO)[C@@H](O)[C@H]1O. The highest BCUT2D eigenvalue weighted by Gasteiger charge is 2.60. The van der Waals surface area contributed by atoms with Gasteiger partial charge in [-0.05, 0) is 6.42 Å². The Kier molecular flexibility index (Phi) is 6.32. The monoisotopic (exact) mass is 409 g/mol. The van der Waals surface area contributed by atoms with E-state index < -0.39 is 42.0 Å². The summed E-state index contributed by atoms with van der Waals surface area (Å²) in [6.07, 6.45) is 1.32. The third-order valence-electron chi connectivity index (χ3n) is 5.31. The summed E-state index contributed by atoms with van der Waals surface area (Å²) in [7, 11) is 0.